The first kappa shape index (κ1) is 20.4. The zero-order chi connectivity index (χ0) is 19.6. The quantitative estimate of drug-likeness (QED) is 0.620. The number of amides is 1. The molecule has 1 saturated heterocycles. The lowest BCUT2D eigenvalue weighted by atomic mass is 10.1. The first-order chi connectivity index (χ1) is 13.7. The number of unbranched alkanes of at least 4 members (excludes halogenated alkanes) is 1. The van der Waals surface area contributed by atoms with E-state index < -0.39 is 0 Å². The van der Waals surface area contributed by atoms with E-state index >= 15 is 0 Å². The Kier molecular flexibility index (Phi) is 7.92. The van der Waals surface area contributed by atoms with Crippen molar-refractivity contribution in [1.29, 1.82) is 0 Å². The summed E-state index contributed by atoms with van der Waals surface area (Å²) >= 11 is 0. The molecule has 0 bridgehead atoms. The number of nitrogens with zero attached hydrogens (tertiary/aromatic N) is 1. The van der Waals surface area contributed by atoms with Crippen molar-refractivity contribution < 1.29 is 9.53 Å². The second-order valence-electron chi connectivity index (χ2n) is 7.53. The highest BCUT2D eigenvalue weighted by Gasteiger charge is 2.11. The summed E-state index contributed by atoms with van der Waals surface area (Å²) in [4.78, 5) is 14.8. The van der Waals surface area contributed by atoms with Crippen LogP contribution in [-0.2, 0) is 13.0 Å². The predicted octanol–water partition coefficient (Wildman–Crippen LogP) is 4.43. The van der Waals surface area contributed by atoms with Gasteiger partial charge in [-0.1, -0.05) is 37.6 Å². The van der Waals surface area contributed by atoms with Gasteiger partial charge in [-0.3, -0.25) is 9.69 Å². The van der Waals surface area contributed by atoms with Crippen LogP contribution in [0.3, 0.4) is 0 Å². The second-order valence-corrected chi connectivity index (χ2v) is 7.53. The summed E-state index contributed by atoms with van der Waals surface area (Å²) < 4.78 is 5.64. The summed E-state index contributed by atoms with van der Waals surface area (Å²) in [5, 5.41) is 3.00. The fourth-order valence-electron chi connectivity index (χ4n) is 3.47. The highest BCUT2D eigenvalue weighted by Crippen LogP contribution is 2.14. The lowest BCUT2D eigenvalue weighted by Crippen LogP contribution is -2.25. The first-order valence-corrected chi connectivity index (χ1v) is 10.6. The number of benzene rings is 2. The van der Waals surface area contributed by atoms with E-state index in [1.807, 2.05) is 24.3 Å². The molecule has 4 nitrogen and oxygen atoms in total. The van der Waals surface area contributed by atoms with Crippen LogP contribution in [0.1, 0.15) is 54.1 Å². The predicted molar refractivity (Wildman–Crippen MR) is 114 cm³/mol. The fraction of sp³-hybridized carbons (Fsp3) is 0.458. The molecule has 1 N–H and O–H groups in total. The highest BCUT2D eigenvalue weighted by atomic mass is 16.5. The van der Waals surface area contributed by atoms with Crippen LogP contribution in [0.2, 0.25) is 0 Å². The summed E-state index contributed by atoms with van der Waals surface area (Å²) in [5.41, 5.74) is 3.30. The normalized spacial score (nSPS) is 14.2. The Labute approximate surface area is 168 Å². The van der Waals surface area contributed by atoms with Gasteiger partial charge in [0.25, 0.3) is 5.91 Å². The van der Waals surface area contributed by atoms with Gasteiger partial charge in [0.05, 0.1) is 6.61 Å². The van der Waals surface area contributed by atoms with Crippen LogP contribution in [0.5, 0.6) is 5.75 Å². The molecule has 0 aromatic heterocycles. The molecule has 3 rings (SSSR count). The molecule has 1 fully saturated rings. The number of hydrogen-bond donors (Lipinski definition) is 1. The minimum Gasteiger partial charge on any atom is -0.494 e. The topological polar surface area (TPSA) is 41.6 Å². The summed E-state index contributed by atoms with van der Waals surface area (Å²) in [5.74, 6) is 0.782. The minimum absolute atomic E-state index is 0.0363. The van der Waals surface area contributed by atoms with Crippen molar-refractivity contribution in [1.82, 2.24) is 10.2 Å². The molecular weight excluding hydrogens is 348 g/mol. The van der Waals surface area contributed by atoms with Crippen LogP contribution in [0, 0.1) is 0 Å². The highest BCUT2D eigenvalue weighted by molar-refractivity contribution is 5.94. The molecule has 1 amide bonds. The van der Waals surface area contributed by atoms with Crippen molar-refractivity contribution in [2.24, 2.45) is 0 Å². The second kappa shape index (κ2) is 10.9. The van der Waals surface area contributed by atoms with E-state index in [0.29, 0.717) is 12.1 Å². The number of hydrogen-bond acceptors (Lipinski definition) is 3. The average Bonchev–Trinajstić information content (AvgIpc) is 3.23. The molecule has 0 saturated carbocycles. The molecule has 0 unspecified atom stereocenters. The van der Waals surface area contributed by atoms with Crippen LogP contribution in [-0.4, -0.2) is 37.0 Å². The Morgan fingerprint density at radius 1 is 1.00 bits per heavy atom. The van der Waals surface area contributed by atoms with Crippen molar-refractivity contribution in [3.05, 3.63) is 65.2 Å². The summed E-state index contributed by atoms with van der Waals surface area (Å²) in [7, 11) is 0. The number of rotatable bonds is 10. The molecule has 4 heteroatoms. The van der Waals surface area contributed by atoms with Gasteiger partial charge < -0.3 is 10.1 Å². The molecular formula is C24H32N2O2. The zero-order valence-corrected chi connectivity index (χ0v) is 17.0. The van der Waals surface area contributed by atoms with Crippen LogP contribution in [0.15, 0.2) is 48.5 Å². The smallest absolute Gasteiger partial charge is 0.251 e. The van der Waals surface area contributed by atoms with Gasteiger partial charge in [0.2, 0.25) is 0 Å². The number of ether oxygens (including phenoxy) is 1. The Morgan fingerprint density at radius 3 is 2.36 bits per heavy atom. The van der Waals surface area contributed by atoms with E-state index in [-0.39, 0.29) is 5.91 Å². The van der Waals surface area contributed by atoms with E-state index in [9.17, 15) is 4.79 Å². The molecule has 0 spiro atoms. The van der Waals surface area contributed by atoms with E-state index in [2.05, 4.69) is 41.4 Å². The molecule has 0 radical (unpaired) electrons. The van der Waals surface area contributed by atoms with Gasteiger partial charge in [-0.05, 0) is 74.2 Å². The van der Waals surface area contributed by atoms with Crippen molar-refractivity contribution in [2.45, 2.75) is 45.6 Å². The lowest BCUT2D eigenvalue weighted by molar-refractivity contribution is 0.0954. The Morgan fingerprint density at radius 2 is 1.68 bits per heavy atom. The molecule has 0 aliphatic carbocycles. The number of likely N-dealkylation sites (tertiary alicyclic amines) is 1. The van der Waals surface area contributed by atoms with Crippen LogP contribution in [0.25, 0.3) is 0 Å². The van der Waals surface area contributed by atoms with E-state index in [4.69, 9.17) is 4.74 Å². The zero-order valence-electron chi connectivity index (χ0n) is 17.0. The lowest BCUT2D eigenvalue weighted by Gasteiger charge is -2.14. The molecule has 1 aliphatic heterocycles. The number of carbonyl (C=O) groups is 1. The van der Waals surface area contributed by atoms with Crippen molar-refractivity contribution in [3.8, 4) is 5.75 Å². The van der Waals surface area contributed by atoms with E-state index in [0.717, 1.165) is 38.2 Å². The van der Waals surface area contributed by atoms with E-state index in [1.165, 1.54) is 37.1 Å². The van der Waals surface area contributed by atoms with Crippen LogP contribution >= 0.6 is 0 Å². The van der Waals surface area contributed by atoms with Gasteiger partial charge in [0.1, 0.15) is 5.75 Å². The monoisotopic (exact) mass is 380 g/mol. The third-order valence-electron chi connectivity index (χ3n) is 5.21. The maximum atomic E-state index is 12.3. The van der Waals surface area contributed by atoms with Crippen LogP contribution in [0.4, 0.5) is 0 Å². The summed E-state index contributed by atoms with van der Waals surface area (Å²) in [6.07, 6.45) is 5.65. The number of carbonyl (C=O) groups excluding carboxylic acids is 1. The SMILES string of the molecule is CCCCOc1ccc(C(=O)NCCc2ccc(CN3CCCC3)cc2)cc1. The molecule has 0 atom stereocenters. The summed E-state index contributed by atoms with van der Waals surface area (Å²) in [6, 6.07) is 16.2. The molecule has 1 aliphatic rings. The molecule has 28 heavy (non-hydrogen) atoms. The van der Waals surface area contributed by atoms with Crippen molar-refractivity contribution in [3.63, 3.8) is 0 Å². The maximum absolute atomic E-state index is 12.3. The molecule has 2 aromatic rings. The molecule has 2 aromatic carbocycles. The van der Waals surface area contributed by atoms with Crippen molar-refractivity contribution in [2.75, 3.05) is 26.2 Å². The van der Waals surface area contributed by atoms with Gasteiger partial charge in [0.15, 0.2) is 0 Å². The average molecular weight is 381 g/mol. The van der Waals surface area contributed by atoms with Gasteiger partial charge in [-0.25, -0.2) is 0 Å². The molecule has 150 valence electrons. The van der Waals surface area contributed by atoms with E-state index in [1.54, 1.807) is 0 Å². The number of nitrogens with one attached hydrogen (secondary N) is 1. The fourth-order valence-corrected chi connectivity index (χ4v) is 3.47. The standard InChI is InChI=1S/C24H32N2O2/c1-2-3-18-28-23-12-10-22(11-13-23)24(27)25-15-14-20-6-8-21(9-7-20)19-26-16-4-5-17-26/h6-13H,2-5,14-19H2,1H3,(H,25,27). The maximum Gasteiger partial charge on any atom is 0.251 e. The third-order valence-corrected chi connectivity index (χ3v) is 5.21. The minimum atomic E-state index is -0.0363. The Balaban J connectivity index is 1.39. The Hall–Kier alpha value is -2.33. The first-order valence-electron chi connectivity index (χ1n) is 10.6. The van der Waals surface area contributed by atoms with Crippen LogP contribution < -0.4 is 10.1 Å². The third kappa shape index (κ3) is 6.38. The van der Waals surface area contributed by atoms with Gasteiger partial charge in [-0.2, -0.15) is 0 Å². The molecule has 1 heterocycles. The van der Waals surface area contributed by atoms with Gasteiger partial charge in [-0.15, -0.1) is 0 Å². The van der Waals surface area contributed by atoms with Crippen molar-refractivity contribution >= 4 is 5.91 Å². The largest absolute Gasteiger partial charge is 0.494 e. The summed E-state index contributed by atoms with van der Waals surface area (Å²) in [6.45, 7) is 6.99. The van der Waals surface area contributed by atoms with Gasteiger partial charge >= 0.3 is 0 Å². The van der Waals surface area contributed by atoms with Gasteiger partial charge in [0, 0.05) is 18.7 Å². The Bertz CT molecular complexity index is 719.